The molecule has 6 heteroatoms. The molecule has 6 nitrogen and oxygen atoms in total. The normalized spacial score (nSPS) is 26.5. The molecule has 0 aromatic carbocycles. The molecule has 2 amide bonds. The molecule has 0 bridgehead atoms. The molecule has 1 saturated carbocycles. The van der Waals surface area contributed by atoms with E-state index < -0.39 is 0 Å². The molecule has 1 aliphatic carbocycles. The molecule has 0 radical (unpaired) electrons. The highest BCUT2D eigenvalue weighted by molar-refractivity contribution is 5.82. The molecule has 2 heterocycles. The number of nitrogens with one attached hydrogen (secondary N) is 1. The number of piperazine rings is 1. The number of likely N-dealkylation sites (N-methyl/N-ethyl adjacent to an activating group) is 1. The minimum Gasteiger partial charge on any atom is -0.342 e. The molecule has 1 N–H and O–H groups in total. The summed E-state index contributed by atoms with van der Waals surface area (Å²) in [5, 5.41) is 3.28. The third kappa shape index (κ3) is 4.28. The summed E-state index contributed by atoms with van der Waals surface area (Å²) >= 11 is 0. The standard InChI is InChI=1S/C18H32N4O2/c1-20(15-6-3-2-4-7-15)17(23)14-21-10-12-22(13-11-21)18(24)16-8-5-9-19-16/h15-16,19H,2-14H2,1H3. The van der Waals surface area contributed by atoms with Crippen molar-refractivity contribution in [1.29, 1.82) is 0 Å². The van der Waals surface area contributed by atoms with E-state index in [-0.39, 0.29) is 17.9 Å². The van der Waals surface area contributed by atoms with Gasteiger partial charge in [0.25, 0.3) is 0 Å². The SMILES string of the molecule is CN(C(=O)CN1CCN(C(=O)C2CCCN2)CC1)C1CCCCC1. The number of rotatable bonds is 4. The molecule has 1 atom stereocenters. The lowest BCUT2D eigenvalue weighted by molar-refractivity contribution is -0.136. The van der Waals surface area contributed by atoms with Gasteiger partial charge in [-0.3, -0.25) is 14.5 Å². The van der Waals surface area contributed by atoms with E-state index in [9.17, 15) is 9.59 Å². The Morgan fingerprint density at radius 1 is 1.00 bits per heavy atom. The van der Waals surface area contributed by atoms with Crippen LogP contribution in [0.2, 0.25) is 0 Å². The Kier molecular flexibility index (Phi) is 6.11. The number of hydrogen-bond acceptors (Lipinski definition) is 4. The van der Waals surface area contributed by atoms with Gasteiger partial charge in [-0.25, -0.2) is 0 Å². The monoisotopic (exact) mass is 336 g/mol. The predicted octanol–water partition coefficient (Wildman–Crippen LogP) is 0.674. The van der Waals surface area contributed by atoms with Crippen LogP contribution in [-0.4, -0.2) is 84.9 Å². The van der Waals surface area contributed by atoms with Crippen LogP contribution in [-0.2, 0) is 9.59 Å². The van der Waals surface area contributed by atoms with Gasteiger partial charge in [0.1, 0.15) is 0 Å². The van der Waals surface area contributed by atoms with Crippen LogP contribution >= 0.6 is 0 Å². The molecule has 24 heavy (non-hydrogen) atoms. The number of amides is 2. The van der Waals surface area contributed by atoms with Crippen molar-refractivity contribution in [2.75, 3.05) is 46.3 Å². The van der Waals surface area contributed by atoms with Gasteiger partial charge >= 0.3 is 0 Å². The van der Waals surface area contributed by atoms with Gasteiger partial charge in [-0.1, -0.05) is 19.3 Å². The van der Waals surface area contributed by atoms with E-state index in [4.69, 9.17) is 0 Å². The summed E-state index contributed by atoms with van der Waals surface area (Å²) in [4.78, 5) is 31.1. The molecule has 1 unspecified atom stereocenters. The second-order valence-corrected chi connectivity index (χ2v) is 7.55. The van der Waals surface area contributed by atoms with E-state index in [0.29, 0.717) is 12.6 Å². The molecular formula is C18H32N4O2. The molecule has 3 fully saturated rings. The van der Waals surface area contributed by atoms with Gasteiger partial charge < -0.3 is 15.1 Å². The lowest BCUT2D eigenvalue weighted by Crippen LogP contribution is -2.55. The summed E-state index contributed by atoms with van der Waals surface area (Å²) in [5.41, 5.74) is 0. The Balaban J connectivity index is 1.41. The van der Waals surface area contributed by atoms with Crippen molar-refractivity contribution in [2.45, 2.75) is 57.0 Å². The minimum atomic E-state index is 0.0237. The first-order chi connectivity index (χ1) is 11.6. The molecule has 2 saturated heterocycles. The second kappa shape index (κ2) is 8.30. The van der Waals surface area contributed by atoms with Crippen LogP contribution in [0, 0.1) is 0 Å². The van der Waals surface area contributed by atoms with Gasteiger partial charge in [0.2, 0.25) is 11.8 Å². The van der Waals surface area contributed by atoms with E-state index in [1.165, 1.54) is 19.3 Å². The van der Waals surface area contributed by atoms with Gasteiger partial charge in [-0.2, -0.15) is 0 Å². The maximum absolute atomic E-state index is 12.5. The highest BCUT2D eigenvalue weighted by atomic mass is 16.2. The Bertz CT molecular complexity index is 436. The number of carbonyl (C=O) groups is 2. The van der Waals surface area contributed by atoms with Crippen molar-refractivity contribution >= 4 is 11.8 Å². The molecule has 0 spiro atoms. The number of hydrogen-bond donors (Lipinski definition) is 1. The molecule has 0 aromatic heterocycles. The lowest BCUT2D eigenvalue weighted by Gasteiger charge is -2.37. The van der Waals surface area contributed by atoms with Gasteiger partial charge in [0.05, 0.1) is 12.6 Å². The third-order valence-electron chi connectivity index (χ3n) is 5.92. The van der Waals surface area contributed by atoms with E-state index in [0.717, 1.165) is 58.4 Å². The highest BCUT2D eigenvalue weighted by Gasteiger charge is 2.30. The van der Waals surface area contributed by atoms with Crippen LogP contribution in [0.3, 0.4) is 0 Å². The molecule has 3 rings (SSSR count). The van der Waals surface area contributed by atoms with E-state index in [1.54, 1.807) is 0 Å². The van der Waals surface area contributed by atoms with Crippen molar-refractivity contribution in [1.82, 2.24) is 20.0 Å². The first kappa shape index (κ1) is 17.7. The predicted molar refractivity (Wildman–Crippen MR) is 93.7 cm³/mol. The van der Waals surface area contributed by atoms with E-state index in [2.05, 4.69) is 10.2 Å². The zero-order chi connectivity index (χ0) is 16.9. The number of carbonyl (C=O) groups excluding carboxylic acids is 2. The quantitative estimate of drug-likeness (QED) is 0.820. The average Bonchev–Trinajstić information content (AvgIpc) is 3.16. The summed E-state index contributed by atoms with van der Waals surface area (Å²) < 4.78 is 0. The van der Waals surface area contributed by atoms with Crippen molar-refractivity contribution in [3.8, 4) is 0 Å². The smallest absolute Gasteiger partial charge is 0.239 e. The summed E-state index contributed by atoms with van der Waals surface area (Å²) in [6.45, 7) is 4.56. The highest BCUT2D eigenvalue weighted by Crippen LogP contribution is 2.21. The minimum absolute atomic E-state index is 0.0237. The Morgan fingerprint density at radius 3 is 2.33 bits per heavy atom. The largest absolute Gasteiger partial charge is 0.342 e. The van der Waals surface area contributed by atoms with Crippen molar-refractivity contribution in [3.63, 3.8) is 0 Å². The third-order valence-corrected chi connectivity index (χ3v) is 5.92. The van der Waals surface area contributed by atoms with Crippen LogP contribution in [0.15, 0.2) is 0 Å². The first-order valence-corrected chi connectivity index (χ1v) is 9.65. The molecule has 0 aromatic rings. The van der Waals surface area contributed by atoms with Crippen LogP contribution in [0.25, 0.3) is 0 Å². The van der Waals surface area contributed by atoms with E-state index in [1.807, 2.05) is 16.8 Å². The van der Waals surface area contributed by atoms with Crippen LogP contribution in [0.4, 0.5) is 0 Å². The van der Waals surface area contributed by atoms with Gasteiger partial charge in [0.15, 0.2) is 0 Å². The Labute approximate surface area is 145 Å². The fraction of sp³-hybridized carbons (Fsp3) is 0.889. The summed E-state index contributed by atoms with van der Waals surface area (Å²) in [6, 6.07) is 0.457. The van der Waals surface area contributed by atoms with Crippen LogP contribution < -0.4 is 5.32 Å². The Hall–Kier alpha value is -1.14. The summed E-state index contributed by atoms with van der Waals surface area (Å²) in [6.07, 6.45) is 8.17. The van der Waals surface area contributed by atoms with Gasteiger partial charge in [-0.15, -0.1) is 0 Å². The Morgan fingerprint density at radius 2 is 1.71 bits per heavy atom. The summed E-state index contributed by atoms with van der Waals surface area (Å²) in [7, 11) is 1.96. The maximum atomic E-state index is 12.5. The van der Waals surface area contributed by atoms with Gasteiger partial charge in [-0.05, 0) is 32.2 Å². The maximum Gasteiger partial charge on any atom is 0.239 e. The fourth-order valence-corrected chi connectivity index (χ4v) is 4.22. The zero-order valence-corrected chi connectivity index (χ0v) is 15.0. The molecule has 2 aliphatic heterocycles. The van der Waals surface area contributed by atoms with E-state index >= 15 is 0 Å². The van der Waals surface area contributed by atoms with Crippen LogP contribution in [0.1, 0.15) is 44.9 Å². The lowest BCUT2D eigenvalue weighted by atomic mass is 9.94. The fourth-order valence-electron chi connectivity index (χ4n) is 4.22. The number of nitrogens with zero attached hydrogens (tertiary/aromatic N) is 3. The van der Waals surface area contributed by atoms with Crippen molar-refractivity contribution in [2.24, 2.45) is 0 Å². The molecule has 136 valence electrons. The van der Waals surface area contributed by atoms with Crippen molar-refractivity contribution < 1.29 is 9.59 Å². The van der Waals surface area contributed by atoms with Crippen LogP contribution in [0.5, 0.6) is 0 Å². The molecule has 3 aliphatic rings. The van der Waals surface area contributed by atoms with Gasteiger partial charge in [0, 0.05) is 39.3 Å². The summed E-state index contributed by atoms with van der Waals surface area (Å²) in [5.74, 6) is 0.483. The second-order valence-electron chi connectivity index (χ2n) is 7.55. The van der Waals surface area contributed by atoms with Crippen molar-refractivity contribution in [3.05, 3.63) is 0 Å². The molecular weight excluding hydrogens is 304 g/mol. The average molecular weight is 336 g/mol. The zero-order valence-electron chi connectivity index (χ0n) is 15.0. The first-order valence-electron chi connectivity index (χ1n) is 9.65. The topological polar surface area (TPSA) is 55.9 Å².